The fourth-order valence-electron chi connectivity index (χ4n) is 2.46. The zero-order valence-electron chi connectivity index (χ0n) is 13.2. The number of thiophene rings is 1. The van der Waals surface area contributed by atoms with Gasteiger partial charge < -0.3 is 5.32 Å². The van der Waals surface area contributed by atoms with Gasteiger partial charge in [-0.3, -0.25) is 0 Å². The molecule has 0 radical (unpaired) electrons. The van der Waals surface area contributed by atoms with Gasteiger partial charge in [0.2, 0.25) is 0 Å². The van der Waals surface area contributed by atoms with E-state index in [9.17, 15) is 0 Å². The highest BCUT2D eigenvalue weighted by Gasteiger charge is 2.17. The first-order valence-corrected chi connectivity index (χ1v) is 8.84. The number of likely N-dealkylation sites (N-methyl/N-ethyl adjacent to an activating group) is 1. The summed E-state index contributed by atoms with van der Waals surface area (Å²) in [6.07, 6.45) is 0.978. The van der Waals surface area contributed by atoms with Gasteiger partial charge in [0.15, 0.2) is 0 Å². The van der Waals surface area contributed by atoms with Crippen LogP contribution in [-0.4, -0.2) is 6.54 Å². The van der Waals surface area contributed by atoms with E-state index < -0.39 is 0 Å². The second kappa shape index (κ2) is 7.44. The number of nitrogens with one attached hydrogen (secondary N) is 1. The predicted octanol–water partition coefficient (Wildman–Crippen LogP) is 5.73. The summed E-state index contributed by atoms with van der Waals surface area (Å²) >= 11 is 8.20. The zero-order valence-corrected chi connectivity index (χ0v) is 14.8. The van der Waals surface area contributed by atoms with Crippen LogP contribution >= 0.6 is 22.9 Å². The van der Waals surface area contributed by atoms with Crippen molar-refractivity contribution in [1.29, 1.82) is 0 Å². The highest BCUT2D eigenvalue weighted by atomic mass is 35.5. The Morgan fingerprint density at radius 1 is 1.19 bits per heavy atom. The molecule has 21 heavy (non-hydrogen) atoms. The smallest absolute Gasteiger partial charge is 0.0590 e. The molecule has 0 saturated carbocycles. The standard InChI is InChI=1S/C18H24ClNS/c1-5-20-16(18-17(19)13(4)11-21-18)10-14-6-8-15(9-7-14)12(2)3/h6-9,11-12,16,20H,5,10H2,1-4H3. The Bertz CT molecular complexity index is 571. The van der Waals surface area contributed by atoms with Gasteiger partial charge in [-0.2, -0.15) is 0 Å². The van der Waals surface area contributed by atoms with Crippen molar-refractivity contribution in [2.75, 3.05) is 6.54 Å². The van der Waals surface area contributed by atoms with Gasteiger partial charge in [-0.05, 0) is 47.9 Å². The number of rotatable bonds is 6. The molecule has 1 N–H and O–H groups in total. The summed E-state index contributed by atoms with van der Waals surface area (Å²) in [6, 6.07) is 9.27. The molecule has 0 aliphatic carbocycles. The first-order valence-electron chi connectivity index (χ1n) is 7.58. The van der Waals surface area contributed by atoms with Gasteiger partial charge in [-0.15, -0.1) is 11.3 Å². The predicted molar refractivity (Wildman–Crippen MR) is 94.7 cm³/mol. The van der Waals surface area contributed by atoms with Crippen molar-refractivity contribution in [3.05, 3.63) is 56.2 Å². The van der Waals surface area contributed by atoms with Crippen molar-refractivity contribution in [3.8, 4) is 0 Å². The molecule has 0 bridgehead atoms. The first kappa shape index (κ1) is 16.5. The van der Waals surface area contributed by atoms with Gasteiger partial charge >= 0.3 is 0 Å². The quantitative estimate of drug-likeness (QED) is 0.716. The SMILES string of the molecule is CCNC(Cc1ccc(C(C)C)cc1)c1scc(C)c1Cl. The van der Waals surface area contributed by atoms with Crippen LogP contribution in [0.5, 0.6) is 0 Å². The van der Waals surface area contributed by atoms with E-state index in [1.165, 1.54) is 21.6 Å². The van der Waals surface area contributed by atoms with E-state index in [1.807, 2.05) is 0 Å². The Morgan fingerprint density at radius 3 is 2.33 bits per heavy atom. The van der Waals surface area contributed by atoms with Crippen LogP contribution in [0.25, 0.3) is 0 Å². The fourth-order valence-corrected chi connectivity index (χ4v) is 3.86. The van der Waals surface area contributed by atoms with Crippen LogP contribution in [0, 0.1) is 6.92 Å². The molecular formula is C18H24ClNS. The Hall–Kier alpha value is -0.830. The highest BCUT2D eigenvalue weighted by molar-refractivity contribution is 7.10. The lowest BCUT2D eigenvalue weighted by Gasteiger charge is -2.18. The Balaban J connectivity index is 2.18. The summed E-state index contributed by atoms with van der Waals surface area (Å²) in [7, 11) is 0. The van der Waals surface area contributed by atoms with Crippen LogP contribution < -0.4 is 5.32 Å². The molecule has 0 aliphatic heterocycles. The van der Waals surface area contributed by atoms with Gasteiger partial charge in [-0.1, -0.05) is 56.6 Å². The second-order valence-corrected chi connectivity index (χ2v) is 7.10. The highest BCUT2D eigenvalue weighted by Crippen LogP contribution is 2.34. The van der Waals surface area contributed by atoms with Crippen LogP contribution in [0.3, 0.4) is 0 Å². The maximum Gasteiger partial charge on any atom is 0.0590 e. The minimum Gasteiger partial charge on any atom is -0.309 e. The Kier molecular flexibility index (Phi) is 5.86. The summed E-state index contributed by atoms with van der Waals surface area (Å²) in [5, 5.41) is 6.63. The van der Waals surface area contributed by atoms with Gasteiger partial charge in [0.25, 0.3) is 0 Å². The molecule has 1 unspecified atom stereocenters. The summed E-state index contributed by atoms with van der Waals surface area (Å²) < 4.78 is 0. The van der Waals surface area contributed by atoms with Crippen LogP contribution in [0.4, 0.5) is 0 Å². The third kappa shape index (κ3) is 4.09. The second-order valence-electron chi connectivity index (χ2n) is 5.81. The van der Waals surface area contributed by atoms with Crippen LogP contribution in [0.15, 0.2) is 29.6 Å². The largest absolute Gasteiger partial charge is 0.309 e. The number of benzene rings is 1. The zero-order chi connectivity index (χ0) is 15.4. The van der Waals surface area contributed by atoms with Crippen LogP contribution in [0.2, 0.25) is 5.02 Å². The Morgan fingerprint density at radius 2 is 1.86 bits per heavy atom. The van der Waals surface area contributed by atoms with E-state index in [0.717, 1.165) is 18.0 Å². The van der Waals surface area contributed by atoms with Gasteiger partial charge in [0.05, 0.1) is 5.02 Å². The van der Waals surface area contributed by atoms with Crippen molar-refractivity contribution in [2.24, 2.45) is 0 Å². The molecule has 1 aromatic carbocycles. The van der Waals surface area contributed by atoms with E-state index in [2.05, 4.69) is 62.7 Å². The van der Waals surface area contributed by atoms with E-state index in [1.54, 1.807) is 11.3 Å². The van der Waals surface area contributed by atoms with Crippen molar-refractivity contribution in [2.45, 2.75) is 46.1 Å². The number of aryl methyl sites for hydroxylation is 1. The average Bonchev–Trinajstić information content (AvgIpc) is 2.79. The van der Waals surface area contributed by atoms with E-state index in [0.29, 0.717) is 12.0 Å². The average molecular weight is 322 g/mol. The lowest BCUT2D eigenvalue weighted by molar-refractivity contribution is 0.558. The number of hydrogen-bond acceptors (Lipinski definition) is 2. The molecule has 1 heterocycles. The molecule has 0 fully saturated rings. The first-order chi connectivity index (χ1) is 10.0. The molecule has 2 aromatic rings. The fraction of sp³-hybridized carbons (Fsp3) is 0.444. The summed E-state index contributed by atoms with van der Waals surface area (Å²) in [6.45, 7) is 9.61. The van der Waals surface area contributed by atoms with E-state index in [4.69, 9.17) is 11.6 Å². The summed E-state index contributed by atoms with van der Waals surface area (Å²) in [4.78, 5) is 1.25. The topological polar surface area (TPSA) is 12.0 Å². The maximum absolute atomic E-state index is 6.44. The number of halogens is 1. The molecular weight excluding hydrogens is 298 g/mol. The molecule has 3 heteroatoms. The van der Waals surface area contributed by atoms with Crippen molar-refractivity contribution in [1.82, 2.24) is 5.32 Å². The lowest BCUT2D eigenvalue weighted by atomic mass is 9.98. The lowest BCUT2D eigenvalue weighted by Crippen LogP contribution is -2.22. The molecule has 0 amide bonds. The van der Waals surface area contributed by atoms with Crippen molar-refractivity contribution >= 4 is 22.9 Å². The number of hydrogen-bond donors (Lipinski definition) is 1. The maximum atomic E-state index is 6.44. The molecule has 2 rings (SSSR count). The minimum atomic E-state index is 0.297. The third-order valence-electron chi connectivity index (χ3n) is 3.78. The van der Waals surface area contributed by atoms with Gasteiger partial charge in [-0.25, -0.2) is 0 Å². The van der Waals surface area contributed by atoms with E-state index >= 15 is 0 Å². The molecule has 0 aliphatic rings. The summed E-state index contributed by atoms with van der Waals surface area (Å²) in [5.41, 5.74) is 3.92. The van der Waals surface area contributed by atoms with Gasteiger partial charge in [0, 0.05) is 10.9 Å². The normalized spacial score (nSPS) is 12.9. The van der Waals surface area contributed by atoms with E-state index in [-0.39, 0.29) is 0 Å². The van der Waals surface area contributed by atoms with Crippen LogP contribution in [0.1, 0.15) is 54.3 Å². The Labute approximate surface area is 137 Å². The van der Waals surface area contributed by atoms with Crippen molar-refractivity contribution in [3.63, 3.8) is 0 Å². The molecule has 114 valence electrons. The van der Waals surface area contributed by atoms with Gasteiger partial charge in [0.1, 0.15) is 0 Å². The minimum absolute atomic E-state index is 0.297. The van der Waals surface area contributed by atoms with Crippen LogP contribution in [-0.2, 0) is 6.42 Å². The summed E-state index contributed by atoms with van der Waals surface area (Å²) in [5.74, 6) is 0.581. The molecule has 1 nitrogen and oxygen atoms in total. The third-order valence-corrected chi connectivity index (χ3v) is 5.61. The molecule has 1 aromatic heterocycles. The van der Waals surface area contributed by atoms with Crippen molar-refractivity contribution < 1.29 is 0 Å². The molecule has 0 saturated heterocycles. The molecule has 0 spiro atoms. The monoisotopic (exact) mass is 321 g/mol. The molecule has 1 atom stereocenters.